The van der Waals surface area contributed by atoms with Gasteiger partial charge >= 0.3 is 5.97 Å². The van der Waals surface area contributed by atoms with Crippen LogP contribution in [0.2, 0.25) is 10.0 Å². The highest BCUT2D eigenvalue weighted by molar-refractivity contribution is 7.92. The minimum Gasteiger partial charge on any atom is -0.507 e. The smallest absolute Gasteiger partial charge is 0.336 e. The Morgan fingerprint density at radius 1 is 0.835 bits per heavy atom. The van der Waals surface area contributed by atoms with Crippen LogP contribution < -0.4 is 25.8 Å². The van der Waals surface area contributed by atoms with Crippen molar-refractivity contribution >= 4 is 125 Å². The highest BCUT2D eigenvalue weighted by Gasteiger charge is 2.58. The number of rotatable bonds is 15. The molecule has 5 fully saturated rings. The molecule has 2 unspecified atom stereocenters. The first-order chi connectivity index (χ1) is 59.6. The number of carbonyl (C=O) groups is 5. The Kier molecular flexibility index (Phi) is 28.3. The van der Waals surface area contributed by atoms with Crippen molar-refractivity contribution < 1.29 is 87.1 Å². The van der Waals surface area contributed by atoms with Crippen LogP contribution in [0.1, 0.15) is 165 Å². The molecule has 668 valence electrons. The number of aliphatic hydroxyl groups is 5. The number of cyclic esters (lactones) is 1. The van der Waals surface area contributed by atoms with Gasteiger partial charge in [0.25, 0.3) is 0 Å². The van der Waals surface area contributed by atoms with E-state index in [0.29, 0.717) is 65.5 Å². The SMILES string of the molecule is C=C1CC[C@@H]2C(C)(CO)[C@H](O)CC[C@@]2(C)[C@@H]1C/C=C1/C(=O)OCC1O.CC(=O)[C@]1(N)Cc2c(O)c3c(c(O)c2[C@@H](O[C@H]2C[C@H](O)[C@H](O)CO2)C1)C(=O)c1ccccc1C3=O.CC(C)(C#N)c1cc(Cn2cncn2)cc(C(C)(C)C#N)c1.COc1cc(NS(C)(=O)=O)ccc1Nc1c2ccccc2nc2ccccc12.Cl.O=C1CN2Cc3c(ccc(Cl)c3Cl)N=C2N1. The molecule has 12 N–H and O–H groups in total. The Bertz CT molecular complexity index is 6000. The monoisotopic (exact) mass is 1810 g/mol. The highest BCUT2D eigenvalue weighted by Crippen LogP contribution is 2.62. The number of nitriles is 2. The molecule has 30 nitrogen and oxygen atoms in total. The van der Waals surface area contributed by atoms with Crippen LogP contribution in [0.4, 0.5) is 22.7 Å². The number of ketones is 3. The number of amides is 1. The molecule has 2 saturated carbocycles. The van der Waals surface area contributed by atoms with Crippen LogP contribution in [0.15, 0.2) is 163 Å². The zero-order valence-corrected chi connectivity index (χ0v) is 74.5. The number of nitrogens with zero attached hydrogens (tertiary/aromatic N) is 8. The van der Waals surface area contributed by atoms with Gasteiger partial charge in [0.2, 0.25) is 21.9 Å². The number of anilines is 3. The number of pyridine rings is 1. The van der Waals surface area contributed by atoms with Gasteiger partial charge in [0.1, 0.15) is 61.0 Å². The number of allylic oxidation sites excluding steroid dienone is 2. The lowest BCUT2D eigenvalue weighted by Gasteiger charge is -2.59. The minimum absolute atomic E-state index is 0. The number of halogens is 3. The van der Waals surface area contributed by atoms with E-state index in [0.717, 1.165) is 92.2 Å². The van der Waals surface area contributed by atoms with E-state index in [9.17, 15) is 78.7 Å². The van der Waals surface area contributed by atoms with Crippen LogP contribution in [0.3, 0.4) is 0 Å². The summed E-state index contributed by atoms with van der Waals surface area (Å²) in [5.74, 6) is -1.74. The Labute approximate surface area is 750 Å². The van der Waals surface area contributed by atoms with Gasteiger partial charge in [-0.3, -0.25) is 29.2 Å². The minimum atomic E-state index is -3.37. The van der Waals surface area contributed by atoms with Gasteiger partial charge in [-0.15, -0.1) is 12.4 Å². The first-order valence-corrected chi connectivity index (χ1v) is 43.6. The van der Waals surface area contributed by atoms with Gasteiger partial charge < -0.3 is 70.6 Å². The summed E-state index contributed by atoms with van der Waals surface area (Å²) < 4.78 is 49.0. The first-order valence-electron chi connectivity index (χ1n) is 41.0. The van der Waals surface area contributed by atoms with Crippen molar-refractivity contribution in [2.45, 2.75) is 166 Å². The van der Waals surface area contributed by atoms with Crippen LogP contribution in [0.5, 0.6) is 17.2 Å². The van der Waals surface area contributed by atoms with Crippen molar-refractivity contribution in [3.63, 3.8) is 0 Å². The van der Waals surface area contributed by atoms with E-state index in [2.05, 4.69) is 56.1 Å². The Hall–Kier alpha value is -11.3. The van der Waals surface area contributed by atoms with E-state index < -0.39 is 103 Å². The van der Waals surface area contributed by atoms with E-state index >= 15 is 0 Å². The van der Waals surface area contributed by atoms with Gasteiger partial charge in [-0.05, 0) is 137 Å². The number of methoxy groups -OCH3 is 1. The summed E-state index contributed by atoms with van der Waals surface area (Å²) in [5.41, 5.74) is 12.5. The molecule has 1 amide bonds. The summed E-state index contributed by atoms with van der Waals surface area (Å²) >= 11 is 12.0. The van der Waals surface area contributed by atoms with Crippen LogP contribution in [-0.2, 0) is 69.0 Å². The number of esters is 1. The van der Waals surface area contributed by atoms with Crippen molar-refractivity contribution in [1.29, 1.82) is 10.5 Å². The van der Waals surface area contributed by atoms with Gasteiger partial charge in [-0.1, -0.05) is 134 Å². The second kappa shape index (κ2) is 38.0. The fraction of sp³-hybridized carbons (Fsp3) is 0.387. The highest BCUT2D eigenvalue weighted by atomic mass is 35.5. The van der Waals surface area contributed by atoms with Gasteiger partial charge in [-0.2, -0.15) is 15.6 Å². The Morgan fingerprint density at radius 3 is 2.04 bits per heavy atom. The second-order valence-corrected chi connectivity index (χ2v) is 37.1. The number of nitrogens with two attached hydrogens (primary N) is 1. The van der Waals surface area contributed by atoms with E-state index in [4.69, 9.17) is 52.9 Å². The Balaban J connectivity index is 0.000000147. The average molecular weight is 1810 g/mol. The zero-order chi connectivity index (χ0) is 91.0. The number of aromatic hydroxyl groups is 2. The molecule has 0 spiro atoms. The number of hydrogen-bond acceptors (Lipinski definition) is 27. The third-order valence-electron chi connectivity index (χ3n) is 25.2. The maximum Gasteiger partial charge on any atom is 0.336 e. The van der Waals surface area contributed by atoms with E-state index in [1.807, 2.05) is 112 Å². The molecule has 6 heterocycles. The summed E-state index contributed by atoms with van der Waals surface area (Å²) in [6.07, 6.45) is 3.93. The number of Topliss-reactive ketones (excluding diaryl/α,β-unsaturated/α-hetero) is 1. The number of sulfonamides is 1. The standard InChI is InChI=1S/C25H25NO9.C21H19N3O3S.C20H30O5.C17H19N5.C10H7Cl2N3O.ClH/c1-10(27)25(26)7-13-18(16(8-25)35-17-6-14(28)15(29)9-34-17)24(33)20-19(23(13)32)21(30)11-4-2-3-5-12(11)22(20)31;1-27-20-13-14(24-28(2,25)26)11-12-19(20)23-21-15-7-3-5-9-17(15)22-18-10-6-4-8-16(18)21;1-12-4-7-16-19(2,9-8-17(23)20(16,3)11-21)14(12)6-5-13-15(22)10-25-18(13)24;1-16(2,9-18)14-5-13(8-22-12-20-11-21-22)6-15(7-14)17(3,4)10-19;11-6-1-2-7-5(9(6)12)3-15-4-8(16)14-10(15)13-7;/h2-5,14-17,28-29,32-33H,6-9,26H2,1H3;3-13,24H,1-2H3,(H,22,23);5,14-17,21-23H,1,4,6-11H2,2-3H3;5-7,11-12H,8H2,1-4H3;1-2H,3-4H2,(H,13,14,16);1H/b;;13-5+;;;/t14-,15+,16-,17-,25-;;14-,15?,16+,17-,19+,20?;;;/m0.1.../s1. The number of ether oxygens (including phenoxy) is 4. The number of nitrogens with one attached hydrogen (secondary N) is 3. The van der Waals surface area contributed by atoms with Crippen molar-refractivity contribution in [2.24, 2.45) is 33.4 Å². The molecule has 127 heavy (non-hydrogen) atoms. The van der Waals surface area contributed by atoms with E-state index in [-0.39, 0.29) is 108 Å². The molecule has 0 bridgehead atoms. The number of benzene rings is 7. The lowest BCUT2D eigenvalue weighted by molar-refractivity contribution is -0.238. The summed E-state index contributed by atoms with van der Waals surface area (Å²) in [7, 11) is -1.82. The van der Waals surface area contributed by atoms with Crippen LogP contribution in [-0.4, -0.2) is 180 Å². The molecule has 17 rings (SSSR count). The van der Waals surface area contributed by atoms with Gasteiger partial charge in [-0.25, -0.2) is 32.9 Å². The molecule has 11 atom stereocenters. The van der Waals surface area contributed by atoms with Gasteiger partial charge in [0.15, 0.2) is 17.9 Å². The molecule has 7 aromatic carbocycles. The molecule has 9 aromatic rings. The Morgan fingerprint density at radius 2 is 1.46 bits per heavy atom. The molecule has 8 aliphatic rings. The normalized spacial score (nSPS) is 24.1. The number of aromatic nitrogens is 4. The largest absolute Gasteiger partial charge is 0.507 e. The molecule has 34 heteroatoms. The van der Waals surface area contributed by atoms with E-state index in [1.54, 1.807) is 60.6 Å². The number of phenolic OH excluding ortho intramolecular Hbond substituents is 2. The predicted molar refractivity (Wildman–Crippen MR) is 479 cm³/mol. The van der Waals surface area contributed by atoms with E-state index in [1.165, 1.54) is 25.4 Å². The molecule has 0 radical (unpaired) electrons. The molecule has 4 aliphatic carbocycles. The van der Waals surface area contributed by atoms with Crippen LogP contribution >= 0.6 is 35.6 Å². The van der Waals surface area contributed by atoms with Gasteiger partial charge in [0, 0.05) is 69.3 Å². The molecule has 2 aromatic heterocycles. The van der Waals surface area contributed by atoms with Crippen molar-refractivity contribution in [2.75, 3.05) is 49.8 Å². The summed E-state index contributed by atoms with van der Waals surface area (Å²) in [6.45, 7) is 18.6. The van der Waals surface area contributed by atoms with Crippen LogP contribution in [0, 0.1) is 45.3 Å². The lowest BCUT2D eigenvalue weighted by Crippen LogP contribution is -2.57. The van der Waals surface area contributed by atoms with Gasteiger partial charge in [0.05, 0.1) is 147 Å². The number of aliphatic imine (C=N–C) groups is 1. The quantitative estimate of drug-likeness (QED) is 0.0149. The maximum atomic E-state index is 13.3. The second-order valence-electron chi connectivity index (χ2n) is 34.5. The predicted octanol–water partition coefficient (Wildman–Crippen LogP) is 12.4. The third kappa shape index (κ3) is 19.6. The van der Waals surface area contributed by atoms with Crippen molar-refractivity contribution in [1.82, 2.24) is 30.0 Å². The fourth-order valence-corrected chi connectivity index (χ4v) is 18.8. The number of carbonyl (C=O) groups excluding carboxylic acids is 5. The first kappa shape index (κ1) is 94.9. The number of para-hydroxylation sites is 2. The number of fused-ring (bicyclic) bond motifs is 8. The molecule has 3 saturated heterocycles. The fourth-order valence-electron chi connectivity index (χ4n) is 17.9. The maximum absolute atomic E-state index is 13.3. The summed E-state index contributed by atoms with van der Waals surface area (Å²) in [4.78, 5) is 76.8. The molecular formula is C93H101Cl3N12O18S. The van der Waals surface area contributed by atoms with Crippen molar-refractivity contribution in [3.05, 3.63) is 223 Å². The van der Waals surface area contributed by atoms with Crippen LogP contribution in [0.25, 0.3) is 21.8 Å². The average Bonchev–Trinajstić information content (AvgIpc) is 1.70. The number of hydrogen-bond donors (Lipinski definition) is 11. The zero-order valence-electron chi connectivity index (χ0n) is 71.4. The number of aliphatic hydroxyl groups excluding tert-OH is 5. The summed E-state index contributed by atoms with van der Waals surface area (Å²) in [6, 6.07) is 41.2. The molecule has 4 aliphatic heterocycles. The number of phenols is 2. The summed E-state index contributed by atoms with van der Waals surface area (Å²) in [5, 5.41) is 105. The van der Waals surface area contributed by atoms with Crippen molar-refractivity contribution in [3.8, 4) is 29.4 Å². The lowest BCUT2D eigenvalue weighted by atomic mass is 9.46. The molecular weight excluding hydrogens is 1710 g/mol. The topological polar surface area (TPSA) is 467 Å². The number of guanidine groups is 1. The third-order valence-corrected chi connectivity index (χ3v) is 26.6.